The summed E-state index contributed by atoms with van der Waals surface area (Å²) in [7, 11) is -8.23. The highest BCUT2D eigenvalue weighted by Crippen LogP contribution is 2.24. The Morgan fingerprint density at radius 2 is 1.53 bits per heavy atom. The number of halogens is 3. The van der Waals surface area contributed by atoms with Crippen LogP contribution >= 0.6 is 0 Å². The fourth-order valence-electron chi connectivity index (χ4n) is 2.92. The molecule has 0 aromatic heterocycles. The van der Waals surface area contributed by atoms with Crippen LogP contribution in [0.1, 0.15) is 6.42 Å². The van der Waals surface area contributed by atoms with Crippen LogP contribution in [-0.4, -0.2) is 52.5 Å². The SMILES string of the molecule is O=C(CCNS(=O)(=O)c1c(F)cccc1F)N1CC(S(=O)(=O)c2ccc(F)cc2)C1. The molecule has 0 spiro atoms. The van der Waals surface area contributed by atoms with Gasteiger partial charge in [0.25, 0.3) is 0 Å². The largest absolute Gasteiger partial charge is 0.340 e. The lowest BCUT2D eigenvalue weighted by Gasteiger charge is -2.38. The lowest BCUT2D eigenvalue weighted by Crippen LogP contribution is -2.57. The number of carbonyl (C=O) groups is 1. The van der Waals surface area contributed by atoms with Crippen molar-refractivity contribution in [2.75, 3.05) is 19.6 Å². The number of sulfonamides is 1. The first-order valence-electron chi connectivity index (χ1n) is 8.73. The Morgan fingerprint density at radius 3 is 2.10 bits per heavy atom. The van der Waals surface area contributed by atoms with Crippen molar-refractivity contribution in [1.29, 1.82) is 0 Å². The van der Waals surface area contributed by atoms with E-state index in [1.807, 2.05) is 4.72 Å². The highest BCUT2D eigenvalue weighted by Gasteiger charge is 2.40. The Balaban J connectivity index is 1.53. The Labute approximate surface area is 171 Å². The molecular weight excluding hydrogens is 445 g/mol. The quantitative estimate of drug-likeness (QED) is 0.628. The second-order valence-electron chi connectivity index (χ2n) is 6.62. The van der Waals surface area contributed by atoms with Crippen LogP contribution in [0.5, 0.6) is 0 Å². The third-order valence-corrected chi connectivity index (χ3v) is 8.22. The van der Waals surface area contributed by atoms with E-state index in [2.05, 4.69) is 0 Å². The van der Waals surface area contributed by atoms with Crippen LogP contribution in [0.15, 0.2) is 52.3 Å². The van der Waals surface area contributed by atoms with Gasteiger partial charge in [0.15, 0.2) is 14.7 Å². The number of hydrogen-bond acceptors (Lipinski definition) is 5. The Hall–Kier alpha value is -2.44. The average molecular weight is 462 g/mol. The number of nitrogens with one attached hydrogen (secondary N) is 1. The zero-order valence-corrected chi connectivity index (χ0v) is 17.0. The first-order valence-corrected chi connectivity index (χ1v) is 11.8. The molecule has 12 heteroatoms. The molecule has 0 radical (unpaired) electrons. The van der Waals surface area contributed by atoms with Crippen molar-refractivity contribution in [2.45, 2.75) is 21.5 Å². The molecule has 3 rings (SSSR count). The van der Waals surface area contributed by atoms with Gasteiger partial charge in [0.05, 0.1) is 4.90 Å². The number of carbonyl (C=O) groups excluding carboxylic acids is 1. The molecular formula is C18H17F3N2O5S2. The van der Waals surface area contributed by atoms with Gasteiger partial charge in [0.2, 0.25) is 15.9 Å². The molecule has 0 unspecified atom stereocenters. The van der Waals surface area contributed by atoms with Gasteiger partial charge in [0, 0.05) is 26.1 Å². The van der Waals surface area contributed by atoms with Gasteiger partial charge in [-0.2, -0.15) is 0 Å². The van der Waals surface area contributed by atoms with Crippen molar-refractivity contribution >= 4 is 25.8 Å². The molecule has 1 N–H and O–H groups in total. The number of benzene rings is 2. The van der Waals surface area contributed by atoms with E-state index in [0.29, 0.717) is 0 Å². The van der Waals surface area contributed by atoms with Gasteiger partial charge in [-0.3, -0.25) is 4.79 Å². The molecule has 0 saturated carbocycles. The zero-order chi connectivity index (χ0) is 22.1. The van der Waals surface area contributed by atoms with Crippen molar-refractivity contribution in [2.24, 2.45) is 0 Å². The Bertz CT molecular complexity index is 1140. The van der Waals surface area contributed by atoms with Crippen molar-refractivity contribution < 1.29 is 34.8 Å². The van der Waals surface area contributed by atoms with Gasteiger partial charge in [-0.25, -0.2) is 34.7 Å². The maximum absolute atomic E-state index is 13.6. The molecule has 1 aliphatic rings. The standard InChI is InChI=1S/C18H17F3N2O5S2/c19-12-4-6-13(7-5-12)29(25,26)14-10-23(11-14)17(24)8-9-22-30(27,28)18-15(20)2-1-3-16(18)21/h1-7,14,22H,8-11H2. The number of amides is 1. The lowest BCUT2D eigenvalue weighted by atomic mass is 10.2. The summed E-state index contributed by atoms with van der Waals surface area (Å²) >= 11 is 0. The van der Waals surface area contributed by atoms with Gasteiger partial charge in [0.1, 0.15) is 22.7 Å². The monoisotopic (exact) mass is 462 g/mol. The summed E-state index contributed by atoms with van der Waals surface area (Å²) in [4.78, 5) is 12.2. The molecule has 2 aromatic carbocycles. The third kappa shape index (κ3) is 4.50. The Kier molecular flexibility index (Phi) is 6.20. The highest BCUT2D eigenvalue weighted by atomic mass is 32.2. The van der Waals surface area contributed by atoms with Crippen LogP contribution in [0.25, 0.3) is 0 Å². The minimum absolute atomic E-state index is 0.0549. The minimum Gasteiger partial charge on any atom is -0.340 e. The van der Waals surface area contributed by atoms with E-state index >= 15 is 0 Å². The number of nitrogens with zero attached hydrogens (tertiary/aromatic N) is 1. The number of sulfone groups is 1. The molecule has 0 aliphatic carbocycles. The second kappa shape index (κ2) is 8.36. The van der Waals surface area contributed by atoms with E-state index in [4.69, 9.17) is 0 Å². The predicted octanol–water partition coefficient (Wildman–Crippen LogP) is 1.46. The molecule has 1 aliphatic heterocycles. The summed E-state index contributed by atoms with van der Waals surface area (Å²) in [6, 6.07) is 6.96. The normalized spacial score (nSPS) is 15.1. The summed E-state index contributed by atoms with van der Waals surface area (Å²) < 4.78 is 91.1. The Morgan fingerprint density at radius 1 is 0.967 bits per heavy atom. The van der Waals surface area contributed by atoms with Crippen LogP contribution in [0.3, 0.4) is 0 Å². The molecule has 162 valence electrons. The van der Waals surface area contributed by atoms with Crippen LogP contribution in [0, 0.1) is 17.5 Å². The number of hydrogen-bond donors (Lipinski definition) is 1. The first kappa shape index (κ1) is 22.2. The lowest BCUT2D eigenvalue weighted by molar-refractivity contribution is -0.134. The third-order valence-electron chi connectivity index (χ3n) is 4.60. The van der Waals surface area contributed by atoms with Gasteiger partial charge in [-0.1, -0.05) is 6.07 Å². The van der Waals surface area contributed by atoms with E-state index in [0.717, 1.165) is 42.5 Å². The highest BCUT2D eigenvalue weighted by molar-refractivity contribution is 7.92. The van der Waals surface area contributed by atoms with Gasteiger partial charge < -0.3 is 4.90 Å². The van der Waals surface area contributed by atoms with E-state index in [9.17, 15) is 34.8 Å². The molecule has 0 bridgehead atoms. The van der Waals surface area contributed by atoms with E-state index in [1.165, 1.54) is 4.90 Å². The summed E-state index contributed by atoms with van der Waals surface area (Å²) in [5.74, 6) is -3.61. The molecule has 1 amide bonds. The number of rotatable bonds is 7. The molecule has 0 atom stereocenters. The van der Waals surface area contributed by atoms with Crippen molar-refractivity contribution in [1.82, 2.24) is 9.62 Å². The van der Waals surface area contributed by atoms with Crippen LogP contribution in [0.4, 0.5) is 13.2 Å². The zero-order valence-electron chi connectivity index (χ0n) is 15.4. The summed E-state index contributed by atoms with van der Waals surface area (Å²) in [5.41, 5.74) is 0. The number of likely N-dealkylation sites (tertiary alicyclic amines) is 1. The van der Waals surface area contributed by atoms with Crippen LogP contribution in [0.2, 0.25) is 0 Å². The van der Waals surface area contributed by atoms with Crippen molar-refractivity contribution in [3.05, 3.63) is 59.9 Å². The predicted molar refractivity (Wildman–Crippen MR) is 100 cm³/mol. The summed E-state index contributed by atoms with van der Waals surface area (Å²) in [6.07, 6.45) is -0.321. The molecule has 7 nitrogen and oxygen atoms in total. The molecule has 30 heavy (non-hydrogen) atoms. The summed E-state index contributed by atoms with van der Waals surface area (Å²) in [5, 5.41) is -0.851. The smallest absolute Gasteiger partial charge is 0.246 e. The molecule has 1 fully saturated rings. The average Bonchev–Trinajstić information content (AvgIpc) is 2.60. The van der Waals surface area contributed by atoms with Crippen molar-refractivity contribution in [3.63, 3.8) is 0 Å². The molecule has 1 heterocycles. The first-order chi connectivity index (χ1) is 14.0. The fraction of sp³-hybridized carbons (Fsp3) is 0.278. The van der Waals surface area contributed by atoms with Crippen LogP contribution in [-0.2, 0) is 24.7 Å². The van der Waals surface area contributed by atoms with E-state index < -0.39 is 59.9 Å². The van der Waals surface area contributed by atoms with Crippen molar-refractivity contribution in [3.8, 4) is 0 Å². The summed E-state index contributed by atoms with van der Waals surface area (Å²) in [6.45, 7) is -0.596. The second-order valence-corrected chi connectivity index (χ2v) is 10.6. The maximum atomic E-state index is 13.6. The van der Waals surface area contributed by atoms with E-state index in [-0.39, 0.29) is 24.4 Å². The van der Waals surface area contributed by atoms with Gasteiger partial charge in [-0.15, -0.1) is 0 Å². The fourth-order valence-corrected chi connectivity index (χ4v) is 5.73. The van der Waals surface area contributed by atoms with Gasteiger partial charge >= 0.3 is 0 Å². The molecule has 1 saturated heterocycles. The van der Waals surface area contributed by atoms with E-state index in [1.54, 1.807) is 0 Å². The topological polar surface area (TPSA) is 101 Å². The van der Waals surface area contributed by atoms with Gasteiger partial charge in [-0.05, 0) is 36.4 Å². The minimum atomic E-state index is -4.50. The maximum Gasteiger partial charge on any atom is 0.246 e. The molecule has 2 aromatic rings. The van der Waals surface area contributed by atoms with Crippen LogP contribution < -0.4 is 4.72 Å².